The Morgan fingerprint density at radius 3 is 2.22 bits per heavy atom. The lowest BCUT2D eigenvalue weighted by molar-refractivity contribution is -0.274. The molecule has 1 heterocycles. The molecule has 1 unspecified atom stereocenters. The van der Waals surface area contributed by atoms with Gasteiger partial charge in [-0.3, -0.25) is 9.59 Å². The zero-order valence-electron chi connectivity index (χ0n) is 20.2. The van der Waals surface area contributed by atoms with Crippen LogP contribution in [0, 0.1) is 0 Å². The fraction of sp³-hybridized carbons (Fsp3) is 0.440. The van der Waals surface area contributed by atoms with E-state index in [0.29, 0.717) is 29.1 Å². The highest BCUT2D eigenvalue weighted by atomic mass is 35.5. The number of benzene rings is 1. The normalized spacial score (nSPS) is 14.7. The molecule has 5 nitrogen and oxygen atoms in total. The van der Waals surface area contributed by atoms with E-state index >= 15 is 0 Å². The van der Waals surface area contributed by atoms with Crippen molar-refractivity contribution in [2.45, 2.75) is 50.8 Å². The molecule has 2 aromatic rings. The summed E-state index contributed by atoms with van der Waals surface area (Å²) in [5, 5.41) is 4.94. The molecule has 202 valence electrons. The highest BCUT2D eigenvalue weighted by molar-refractivity contribution is 7.15. The molecule has 3 rings (SSSR count). The maximum atomic E-state index is 14.6. The van der Waals surface area contributed by atoms with Gasteiger partial charge in [0.2, 0.25) is 5.91 Å². The van der Waals surface area contributed by atoms with Crippen LogP contribution in [0.3, 0.4) is 0 Å². The third-order valence-electron chi connectivity index (χ3n) is 6.20. The maximum Gasteiger partial charge on any atom is 0.422 e. The SMILES string of the molecule is C=C(CC(OC)(c1cc(Cl)c(Cl)c(Cl)c1)C(F)(F)F)c1sc(C(=O)NCC(=O)NCCC)c2c1CCC2. The Morgan fingerprint density at radius 2 is 1.68 bits per heavy atom. The van der Waals surface area contributed by atoms with E-state index in [-0.39, 0.29) is 38.7 Å². The highest BCUT2D eigenvalue weighted by Gasteiger charge is 2.57. The van der Waals surface area contributed by atoms with Crippen LogP contribution in [0.2, 0.25) is 15.1 Å². The van der Waals surface area contributed by atoms with Crippen LogP contribution in [0.25, 0.3) is 5.57 Å². The topological polar surface area (TPSA) is 67.4 Å². The standard InChI is InChI=1S/C25H26Cl3F3N2O3S/c1-4-8-32-19(34)12-33-23(35)22-16-7-5-6-15(16)21(37-22)13(2)11-24(36-3,25(29,30)31)14-9-17(26)20(28)18(27)10-14/h9-10H,2,4-8,11-12H2,1,3H3,(H,32,34)(H,33,35). The Hall–Kier alpha value is -1.78. The molecule has 0 bridgehead atoms. The first kappa shape index (κ1) is 29.8. The van der Waals surface area contributed by atoms with Crippen LogP contribution < -0.4 is 10.6 Å². The first-order chi connectivity index (χ1) is 17.4. The zero-order chi connectivity index (χ0) is 27.5. The van der Waals surface area contributed by atoms with Crippen LogP contribution in [0.4, 0.5) is 13.2 Å². The van der Waals surface area contributed by atoms with Gasteiger partial charge in [0.05, 0.1) is 26.5 Å². The first-order valence-electron chi connectivity index (χ1n) is 11.5. The predicted molar refractivity (Wildman–Crippen MR) is 142 cm³/mol. The third-order valence-corrected chi connectivity index (χ3v) is 8.77. The molecule has 1 aliphatic rings. The van der Waals surface area contributed by atoms with Gasteiger partial charge in [-0.1, -0.05) is 48.3 Å². The summed E-state index contributed by atoms with van der Waals surface area (Å²) in [5.41, 5.74) is -1.39. The number of rotatable bonds is 10. The molecule has 1 aliphatic carbocycles. The molecule has 0 fully saturated rings. The number of thiophene rings is 1. The van der Waals surface area contributed by atoms with Gasteiger partial charge in [0.25, 0.3) is 5.91 Å². The van der Waals surface area contributed by atoms with Crippen LogP contribution in [0.15, 0.2) is 18.7 Å². The summed E-state index contributed by atoms with van der Waals surface area (Å²) in [5.74, 6) is -0.762. The third kappa shape index (κ3) is 6.11. The van der Waals surface area contributed by atoms with Crippen LogP contribution in [-0.2, 0) is 28.0 Å². The van der Waals surface area contributed by atoms with Crippen molar-refractivity contribution in [2.75, 3.05) is 20.2 Å². The number of hydrogen-bond donors (Lipinski definition) is 2. The number of alkyl halides is 3. The largest absolute Gasteiger partial charge is 0.422 e. The summed E-state index contributed by atoms with van der Waals surface area (Å²) in [6.07, 6.45) is -2.78. The fourth-order valence-corrected chi connectivity index (χ4v) is 6.23. The van der Waals surface area contributed by atoms with Gasteiger partial charge in [-0.25, -0.2) is 0 Å². The lowest BCUT2D eigenvalue weighted by Crippen LogP contribution is -2.44. The van der Waals surface area contributed by atoms with E-state index in [2.05, 4.69) is 17.2 Å². The summed E-state index contributed by atoms with van der Waals surface area (Å²) >= 11 is 19.1. The quantitative estimate of drug-likeness (QED) is 0.291. The molecule has 1 atom stereocenters. The maximum absolute atomic E-state index is 14.6. The number of hydrogen-bond acceptors (Lipinski definition) is 4. The molecule has 2 N–H and O–H groups in total. The smallest absolute Gasteiger partial charge is 0.364 e. The molecule has 12 heteroatoms. The number of nitrogens with one attached hydrogen (secondary N) is 2. The van der Waals surface area contributed by atoms with E-state index in [1.54, 1.807) is 0 Å². The van der Waals surface area contributed by atoms with Gasteiger partial charge in [-0.15, -0.1) is 11.3 Å². The average molecular weight is 598 g/mol. The van der Waals surface area contributed by atoms with Gasteiger partial charge in [0.15, 0.2) is 5.60 Å². The minimum absolute atomic E-state index is 0.0619. The zero-order valence-corrected chi connectivity index (χ0v) is 23.3. The monoisotopic (exact) mass is 596 g/mol. The molecule has 2 amide bonds. The lowest BCUT2D eigenvalue weighted by atomic mass is 9.85. The van der Waals surface area contributed by atoms with Gasteiger partial charge in [0, 0.05) is 25.0 Å². The highest BCUT2D eigenvalue weighted by Crippen LogP contribution is 2.51. The molecule has 0 spiro atoms. The van der Waals surface area contributed by atoms with Gasteiger partial charge < -0.3 is 15.4 Å². The van der Waals surface area contributed by atoms with Crippen LogP contribution in [0.1, 0.15) is 57.4 Å². The molecule has 0 saturated carbocycles. The van der Waals surface area contributed by atoms with E-state index in [4.69, 9.17) is 39.5 Å². The van der Waals surface area contributed by atoms with Gasteiger partial charge in [-0.2, -0.15) is 13.2 Å². The minimum Gasteiger partial charge on any atom is -0.364 e. The van der Waals surface area contributed by atoms with E-state index in [9.17, 15) is 22.8 Å². The molecule has 0 saturated heterocycles. The predicted octanol–water partition coefficient (Wildman–Crippen LogP) is 6.96. The van der Waals surface area contributed by atoms with Crippen molar-refractivity contribution < 1.29 is 27.5 Å². The van der Waals surface area contributed by atoms with Crippen LogP contribution in [-0.4, -0.2) is 38.2 Å². The van der Waals surface area contributed by atoms with E-state index < -0.39 is 24.1 Å². The second kappa shape index (κ2) is 11.9. The van der Waals surface area contributed by atoms with E-state index in [0.717, 1.165) is 54.5 Å². The van der Waals surface area contributed by atoms with Gasteiger partial charge >= 0.3 is 6.18 Å². The van der Waals surface area contributed by atoms with Crippen molar-refractivity contribution in [3.8, 4) is 0 Å². The van der Waals surface area contributed by atoms with Crippen molar-refractivity contribution in [1.29, 1.82) is 0 Å². The number of ether oxygens (including phenoxy) is 1. The van der Waals surface area contributed by atoms with Crippen molar-refractivity contribution in [1.82, 2.24) is 10.6 Å². The second-order valence-electron chi connectivity index (χ2n) is 8.67. The molecule has 1 aromatic heterocycles. The lowest BCUT2D eigenvalue weighted by Gasteiger charge is -2.36. The molecule has 37 heavy (non-hydrogen) atoms. The summed E-state index contributed by atoms with van der Waals surface area (Å²) in [4.78, 5) is 25.7. The minimum atomic E-state index is -4.86. The van der Waals surface area contributed by atoms with E-state index in [1.807, 2.05) is 6.92 Å². The number of methoxy groups -OCH3 is 1. The second-order valence-corrected chi connectivity index (χ2v) is 10.9. The number of fused-ring (bicyclic) bond motifs is 1. The first-order valence-corrected chi connectivity index (χ1v) is 13.5. The van der Waals surface area contributed by atoms with Crippen molar-refractivity contribution in [3.05, 3.63) is 60.2 Å². The van der Waals surface area contributed by atoms with Crippen molar-refractivity contribution >= 4 is 63.5 Å². The summed E-state index contributed by atoms with van der Waals surface area (Å²) in [7, 11) is 0.957. The summed E-state index contributed by atoms with van der Waals surface area (Å²) in [6, 6.07) is 2.17. The molecule has 1 aromatic carbocycles. The summed E-state index contributed by atoms with van der Waals surface area (Å²) < 4.78 is 48.9. The number of carbonyl (C=O) groups is 2. The van der Waals surface area contributed by atoms with Crippen molar-refractivity contribution in [2.24, 2.45) is 0 Å². The average Bonchev–Trinajstić information content (AvgIpc) is 3.44. The van der Waals surface area contributed by atoms with Crippen LogP contribution >= 0.6 is 46.1 Å². The van der Waals surface area contributed by atoms with Gasteiger partial charge in [0.1, 0.15) is 0 Å². The van der Waals surface area contributed by atoms with Gasteiger partial charge in [-0.05, 0) is 60.1 Å². The Kier molecular flexibility index (Phi) is 9.61. The summed E-state index contributed by atoms with van der Waals surface area (Å²) in [6.45, 7) is 6.18. The Morgan fingerprint density at radius 1 is 1.08 bits per heavy atom. The molecule has 0 radical (unpaired) electrons. The van der Waals surface area contributed by atoms with E-state index in [1.165, 1.54) is 0 Å². The number of carbonyl (C=O) groups excluding carboxylic acids is 2. The molecular formula is C25H26Cl3F3N2O3S. The molecule has 0 aliphatic heterocycles. The molecular weight excluding hydrogens is 572 g/mol. The number of amides is 2. The fourth-order valence-electron chi connectivity index (χ4n) is 4.35. The Balaban J connectivity index is 1.95. The Labute approximate surface area is 232 Å². The van der Waals surface area contributed by atoms with Crippen LogP contribution in [0.5, 0.6) is 0 Å². The Bertz CT molecular complexity index is 1190. The number of halogens is 6. The van der Waals surface area contributed by atoms with Crippen molar-refractivity contribution in [3.63, 3.8) is 0 Å².